The number of aryl methyl sites for hydroxylation is 2. The molecule has 1 aliphatic rings. The second-order valence-electron chi connectivity index (χ2n) is 7.69. The molecule has 31 heavy (non-hydrogen) atoms. The van der Waals surface area contributed by atoms with Crippen LogP contribution < -0.4 is 5.32 Å². The van der Waals surface area contributed by atoms with Crippen molar-refractivity contribution in [3.8, 4) is 0 Å². The van der Waals surface area contributed by atoms with Crippen LogP contribution in [0.1, 0.15) is 41.3 Å². The molecule has 0 bridgehead atoms. The zero-order chi connectivity index (χ0) is 22.4. The molecule has 0 atom stereocenters. The van der Waals surface area contributed by atoms with Crippen LogP contribution >= 0.6 is 0 Å². The van der Waals surface area contributed by atoms with Gasteiger partial charge in [0, 0.05) is 24.3 Å². The van der Waals surface area contributed by atoms with Gasteiger partial charge in [0.1, 0.15) is 5.82 Å². The molecule has 2 aromatic carbocycles. The molecule has 0 aromatic heterocycles. The van der Waals surface area contributed by atoms with Gasteiger partial charge < -0.3 is 15.0 Å². The first-order valence-corrected chi connectivity index (χ1v) is 10.5. The van der Waals surface area contributed by atoms with E-state index in [4.69, 9.17) is 4.74 Å². The van der Waals surface area contributed by atoms with Crippen LogP contribution in [0.2, 0.25) is 0 Å². The van der Waals surface area contributed by atoms with Gasteiger partial charge >= 0.3 is 5.97 Å². The molecular formula is C24H27FN2O4. The normalized spacial score (nSPS) is 14.2. The van der Waals surface area contributed by atoms with E-state index in [1.165, 1.54) is 24.3 Å². The van der Waals surface area contributed by atoms with Crippen LogP contribution in [0.25, 0.3) is 0 Å². The zero-order valence-electron chi connectivity index (χ0n) is 17.8. The number of hydrogen-bond acceptors (Lipinski definition) is 4. The summed E-state index contributed by atoms with van der Waals surface area (Å²) in [6, 6.07) is 11.2. The summed E-state index contributed by atoms with van der Waals surface area (Å²) in [5.74, 6) is -1.73. The molecule has 2 aromatic rings. The van der Waals surface area contributed by atoms with Crippen molar-refractivity contribution >= 4 is 23.5 Å². The Hall–Kier alpha value is -3.22. The summed E-state index contributed by atoms with van der Waals surface area (Å²) in [6.45, 7) is 4.40. The number of piperidine rings is 1. The van der Waals surface area contributed by atoms with Crippen molar-refractivity contribution in [2.24, 2.45) is 5.92 Å². The van der Waals surface area contributed by atoms with Crippen LogP contribution in [-0.4, -0.2) is 42.4 Å². The Bertz CT molecular complexity index is 951. The van der Waals surface area contributed by atoms with Gasteiger partial charge in [0.05, 0.1) is 5.92 Å². The average molecular weight is 426 g/mol. The van der Waals surface area contributed by atoms with Gasteiger partial charge in [-0.15, -0.1) is 0 Å². The lowest BCUT2D eigenvalue weighted by molar-refractivity contribution is -0.152. The quantitative estimate of drug-likeness (QED) is 0.714. The number of para-hydroxylation sites is 1. The molecule has 1 saturated heterocycles. The van der Waals surface area contributed by atoms with Crippen molar-refractivity contribution in [3.63, 3.8) is 0 Å². The first-order chi connectivity index (χ1) is 14.9. The Morgan fingerprint density at radius 3 is 2.42 bits per heavy atom. The van der Waals surface area contributed by atoms with Crippen LogP contribution in [0, 0.1) is 18.7 Å². The van der Waals surface area contributed by atoms with E-state index in [-0.39, 0.29) is 24.3 Å². The predicted octanol–water partition coefficient (Wildman–Crippen LogP) is 3.73. The topological polar surface area (TPSA) is 75.7 Å². The Kier molecular flexibility index (Phi) is 7.39. The minimum Gasteiger partial charge on any atom is -0.455 e. The van der Waals surface area contributed by atoms with E-state index >= 15 is 0 Å². The van der Waals surface area contributed by atoms with Crippen molar-refractivity contribution in [3.05, 3.63) is 65.0 Å². The summed E-state index contributed by atoms with van der Waals surface area (Å²) in [5, 5.41) is 2.84. The number of likely N-dealkylation sites (tertiary alicyclic amines) is 1. The molecule has 164 valence electrons. The summed E-state index contributed by atoms with van der Waals surface area (Å²) < 4.78 is 18.3. The van der Waals surface area contributed by atoms with Crippen LogP contribution in [0.4, 0.5) is 10.1 Å². The van der Waals surface area contributed by atoms with Crippen LogP contribution in [0.15, 0.2) is 42.5 Å². The van der Waals surface area contributed by atoms with Gasteiger partial charge in [-0.05, 0) is 61.6 Å². The summed E-state index contributed by atoms with van der Waals surface area (Å²) >= 11 is 0. The molecule has 7 heteroatoms. The molecule has 1 fully saturated rings. The highest BCUT2D eigenvalue weighted by molar-refractivity contribution is 5.95. The monoisotopic (exact) mass is 426 g/mol. The van der Waals surface area contributed by atoms with Crippen molar-refractivity contribution in [2.75, 3.05) is 25.0 Å². The second-order valence-corrected chi connectivity index (χ2v) is 7.69. The lowest BCUT2D eigenvalue weighted by Gasteiger charge is -2.31. The Labute approximate surface area is 181 Å². The first kappa shape index (κ1) is 22.5. The van der Waals surface area contributed by atoms with E-state index in [9.17, 15) is 18.8 Å². The third kappa shape index (κ3) is 5.69. The number of benzene rings is 2. The molecule has 1 heterocycles. The van der Waals surface area contributed by atoms with E-state index in [0.717, 1.165) is 23.2 Å². The highest BCUT2D eigenvalue weighted by Gasteiger charge is 2.29. The average Bonchev–Trinajstić information content (AvgIpc) is 2.79. The van der Waals surface area contributed by atoms with Crippen molar-refractivity contribution in [1.82, 2.24) is 4.90 Å². The fourth-order valence-electron chi connectivity index (χ4n) is 3.73. The summed E-state index contributed by atoms with van der Waals surface area (Å²) in [7, 11) is 0. The number of nitrogens with one attached hydrogen (secondary N) is 1. The van der Waals surface area contributed by atoms with Gasteiger partial charge in [-0.25, -0.2) is 4.39 Å². The molecular weight excluding hydrogens is 399 g/mol. The van der Waals surface area contributed by atoms with E-state index in [1.807, 2.05) is 32.0 Å². The standard InChI is InChI=1S/C24H27FN2O4/c1-3-17-6-4-5-16(2)22(17)26-21(28)15-31-24(30)19-11-13-27(14-12-19)23(29)18-7-9-20(25)10-8-18/h4-10,19H,3,11-15H2,1-2H3,(H,26,28). The number of carbonyl (C=O) groups is 3. The lowest BCUT2D eigenvalue weighted by atomic mass is 9.96. The number of anilines is 1. The van der Waals surface area contributed by atoms with Gasteiger partial charge in [-0.2, -0.15) is 0 Å². The molecule has 2 amide bonds. The van der Waals surface area contributed by atoms with Gasteiger partial charge in [-0.3, -0.25) is 14.4 Å². The Balaban J connectivity index is 1.46. The molecule has 3 rings (SSSR count). The van der Waals surface area contributed by atoms with E-state index in [1.54, 1.807) is 4.90 Å². The second kappa shape index (κ2) is 10.2. The maximum atomic E-state index is 13.0. The summed E-state index contributed by atoms with van der Waals surface area (Å²) in [4.78, 5) is 38.8. The van der Waals surface area contributed by atoms with E-state index in [0.29, 0.717) is 31.5 Å². The maximum absolute atomic E-state index is 13.0. The number of hydrogen-bond donors (Lipinski definition) is 1. The SMILES string of the molecule is CCc1cccc(C)c1NC(=O)COC(=O)C1CCN(C(=O)c2ccc(F)cc2)CC1. The zero-order valence-corrected chi connectivity index (χ0v) is 17.8. The number of ether oxygens (including phenoxy) is 1. The third-order valence-corrected chi connectivity index (χ3v) is 5.56. The molecule has 0 unspecified atom stereocenters. The number of esters is 1. The fourth-order valence-corrected chi connectivity index (χ4v) is 3.73. The van der Waals surface area contributed by atoms with Crippen LogP contribution in [0.5, 0.6) is 0 Å². The number of amides is 2. The molecule has 0 saturated carbocycles. The predicted molar refractivity (Wildman–Crippen MR) is 115 cm³/mol. The van der Waals surface area contributed by atoms with Gasteiger partial charge in [0.2, 0.25) is 0 Å². The molecule has 0 spiro atoms. The number of nitrogens with zero attached hydrogens (tertiary/aromatic N) is 1. The molecule has 0 aliphatic carbocycles. The van der Waals surface area contributed by atoms with Crippen LogP contribution in [-0.2, 0) is 20.7 Å². The number of rotatable bonds is 6. The minimum absolute atomic E-state index is 0.184. The van der Waals surface area contributed by atoms with Gasteiger partial charge in [0.25, 0.3) is 11.8 Å². The van der Waals surface area contributed by atoms with Crippen molar-refractivity contribution in [2.45, 2.75) is 33.1 Å². The van der Waals surface area contributed by atoms with E-state index in [2.05, 4.69) is 5.32 Å². The Morgan fingerprint density at radius 2 is 1.77 bits per heavy atom. The molecule has 1 aliphatic heterocycles. The van der Waals surface area contributed by atoms with Crippen LogP contribution in [0.3, 0.4) is 0 Å². The van der Waals surface area contributed by atoms with Gasteiger partial charge in [-0.1, -0.05) is 25.1 Å². The summed E-state index contributed by atoms with van der Waals surface area (Å²) in [6.07, 6.45) is 1.71. The summed E-state index contributed by atoms with van der Waals surface area (Å²) in [5.41, 5.74) is 3.16. The minimum atomic E-state index is -0.426. The molecule has 1 N–H and O–H groups in total. The molecule has 6 nitrogen and oxygen atoms in total. The van der Waals surface area contributed by atoms with E-state index < -0.39 is 11.8 Å². The first-order valence-electron chi connectivity index (χ1n) is 10.5. The third-order valence-electron chi connectivity index (χ3n) is 5.56. The smallest absolute Gasteiger partial charge is 0.309 e. The highest BCUT2D eigenvalue weighted by atomic mass is 19.1. The molecule has 0 radical (unpaired) electrons. The largest absolute Gasteiger partial charge is 0.455 e. The lowest BCUT2D eigenvalue weighted by Crippen LogP contribution is -2.41. The highest BCUT2D eigenvalue weighted by Crippen LogP contribution is 2.22. The number of carbonyl (C=O) groups excluding carboxylic acids is 3. The van der Waals surface area contributed by atoms with Gasteiger partial charge in [0.15, 0.2) is 6.61 Å². The maximum Gasteiger partial charge on any atom is 0.309 e. The fraction of sp³-hybridized carbons (Fsp3) is 0.375. The number of halogens is 1. The van der Waals surface area contributed by atoms with Crippen molar-refractivity contribution in [1.29, 1.82) is 0 Å². The van der Waals surface area contributed by atoms with Crippen molar-refractivity contribution < 1.29 is 23.5 Å². The Morgan fingerprint density at radius 1 is 1.10 bits per heavy atom.